The molecule has 1 saturated carbocycles. The molecule has 2 atom stereocenters. The monoisotopic (exact) mass is 392 g/mol. The molecule has 2 unspecified atom stereocenters. The quantitative estimate of drug-likeness (QED) is 0.780. The molecular weight excluding hydrogens is 372 g/mol. The fourth-order valence-corrected chi connectivity index (χ4v) is 6.23. The van der Waals surface area contributed by atoms with Gasteiger partial charge in [0.1, 0.15) is 0 Å². The van der Waals surface area contributed by atoms with Crippen molar-refractivity contribution in [3.05, 3.63) is 28.2 Å². The van der Waals surface area contributed by atoms with Crippen LogP contribution in [-0.2, 0) is 16.6 Å². The summed E-state index contributed by atoms with van der Waals surface area (Å²) in [6.07, 6.45) is 3.07. The third-order valence-electron chi connectivity index (χ3n) is 3.66. The molecule has 7 heteroatoms. The smallest absolute Gasteiger partial charge is 0.241 e. The van der Waals surface area contributed by atoms with Crippen LogP contribution in [0.25, 0.3) is 0 Å². The molecule has 0 heterocycles. The first-order valence-corrected chi connectivity index (χ1v) is 10.4. The minimum Gasteiger partial charge on any atom is -0.326 e. The van der Waals surface area contributed by atoms with Gasteiger partial charge in [-0.05, 0) is 52.2 Å². The zero-order valence-electron chi connectivity index (χ0n) is 12.0. The second-order valence-electron chi connectivity index (χ2n) is 5.12. The normalized spacial score (nSPS) is 22.6. The third-order valence-corrected chi connectivity index (χ3v) is 7.47. The number of nitrogens with one attached hydrogen (secondary N) is 1. The highest BCUT2D eigenvalue weighted by atomic mass is 79.9. The number of benzene rings is 1. The van der Waals surface area contributed by atoms with E-state index in [-0.39, 0.29) is 10.9 Å². The molecule has 21 heavy (non-hydrogen) atoms. The number of sulfonamides is 1. The van der Waals surface area contributed by atoms with E-state index < -0.39 is 10.0 Å². The van der Waals surface area contributed by atoms with E-state index in [1.54, 1.807) is 12.1 Å². The Labute approximate surface area is 139 Å². The van der Waals surface area contributed by atoms with Crippen LogP contribution in [0.15, 0.2) is 27.6 Å². The van der Waals surface area contributed by atoms with Crippen molar-refractivity contribution in [2.24, 2.45) is 5.73 Å². The molecule has 0 aliphatic heterocycles. The highest BCUT2D eigenvalue weighted by molar-refractivity contribution is 9.10. The molecule has 1 fully saturated rings. The van der Waals surface area contributed by atoms with E-state index in [9.17, 15) is 8.42 Å². The topological polar surface area (TPSA) is 72.2 Å². The molecule has 3 N–H and O–H groups in total. The van der Waals surface area contributed by atoms with E-state index in [2.05, 4.69) is 27.6 Å². The van der Waals surface area contributed by atoms with Gasteiger partial charge < -0.3 is 5.73 Å². The first-order valence-electron chi connectivity index (χ1n) is 7.10. The Kier molecular flexibility index (Phi) is 6.14. The predicted molar refractivity (Wildman–Crippen MR) is 91.9 cm³/mol. The number of halogens is 1. The van der Waals surface area contributed by atoms with Crippen LogP contribution in [0.3, 0.4) is 0 Å². The summed E-state index contributed by atoms with van der Waals surface area (Å²) in [5.41, 5.74) is 6.41. The molecule has 0 saturated heterocycles. The summed E-state index contributed by atoms with van der Waals surface area (Å²) in [7, 11) is -3.52. The fourth-order valence-electron chi connectivity index (χ4n) is 2.62. The van der Waals surface area contributed by atoms with Crippen molar-refractivity contribution in [2.45, 2.75) is 48.9 Å². The van der Waals surface area contributed by atoms with Gasteiger partial charge in [0.15, 0.2) is 0 Å². The van der Waals surface area contributed by atoms with Gasteiger partial charge in [0.05, 0.1) is 4.90 Å². The molecule has 1 aliphatic rings. The lowest BCUT2D eigenvalue weighted by Crippen LogP contribution is -2.38. The highest BCUT2D eigenvalue weighted by Crippen LogP contribution is 2.32. The summed E-state index contributed by atoms with van der Waals surface area (Å²) < 4.78 is 28.7. The van der Waals surface area contributed by atoms with Crippen molar-refractivity contribution in [1.29, 1.82) is 0 Å². The lowest BCUT2D eigenvalue weighted by molar-refractivity contribution is 0.554. The lowest BCUT2D eigenvalue weighted by atomic mass is 10.2. The number of nitrogens with two attached hydrogens (primary N) is 1. The van der Waals surface area contributed by atoms with E-state index in [0.29, 0.717) is 16.3 Å². The van der Waals surface area contributed by atoms with E-state index in [1.807, 2.05) is 17.8 Å². The van der Waals surface area contributed by atoms with Crippen molar-refractivity contribution < 1.29 is 8.42 Å². The Bertz CT molecular complexity index is 593. The maximum atomic E-state index is 12.6. The fraction of sp³-hybridized carbons (Fsp3) is 0.571. The molecule has 0 radical (unpaired) electrons. The van der Waals surface area contributed by atoms with Gasteiger partial charge in [0, 0.05) is 22.3 Å². The summed E-state index contributed by atoms with van der Waals surface area (Å²) in [4.78, 5) is 0.276. The van der Waals surface area contributed by atoms with E-state index in [4.69, 9.17) is 5.73 Å². The molecule has 4 nitrogen and oxygen atoms in total. The predicted octanol–water partition coefficient (Wildman–Crippen LogP) is 2.86. The van der Waals surface area contributed by atoms with Gasteiger partial charge in [-0.3, -0.25) is 0 Å². The standard InChI is InChI=1S/C14H21BrN2O2S2/c1-2-20-13-5-3-4-12(13)17-21(18,19)14-8-10(9-16)6-7-11(14)15/h6-8,12-13,17H,2-5,9,16H2,1H3. The van der Waals surface area contributed by atoms with E-state index >= 15 is 0 Å². The third kappa shape index (κ3) is 4.22. The molecule has 0 bridgehead atoms. The molecule has 0 aromatic heterocycles. The van der Waals surface area contributed by atoms with Crippen LogP contribution in [0.4, 0.5) is 0 Å². The van der Waals surface area contributed by atoms with E-state index in [0.717, 1.165) is 30.6 Å². The van der Waals surface area contributed by atoms with Crippen LogP contribution in [-0.4, -0.2) is 25.5 Å². The first kappa shape index (κ1) is 17.3. The summed E-state index contributed by atoms with van der Waals surface area (Å²) in [6, 6.07) is 5.23. The Hall–Kier alpha value is -0.0800. The summed E-state index contributed by atoms with van der Waals surface area (Å²) in [5.74, 6) is 1.01. The SMILES string of the molecule is CCSC1CCCC1NS(=O)(=O)c1cc(CN)ccc1Br. The van der Waals surface area contributed by atoms with Crippen LogP contribution in [0, 0.1) is 0 Å². The van der Waals surface area contributed by atoms with Gasteiger partial charge >= 0.3 is 0 Å². The molecule has 1 aromatic carbocycles. The lowest BCUT2D eigenvalue weighted by Gasteiger charge is -2.20. The highest BCUT2D eigenvalue weighted by Gasteiger charge is 2.31. The summed E-state index contributed by atoms with van der Waals surface area (Å²) in [5, 5.41) is 0.376. The van der Waals surface area contributed by atoms with Crippen molar-refractivity contribution in [2.75, 3.05) is 5.75 Å². The Morgan fingerprint density at radius 1 is 1.43 bits per heavy atom. The molecule has 118 valence electrons. The van der Waals surface area contributed by atoms with Gasteiger partial charge in [-0.25, -0.2) is 13.1 Å². The zero-order valence-corrected chi connectivity index (χ0v) is 15.2. The molecule has 1 aliphatic carbocycles. The number of rotatable bonds is 6. The number of hydrogen-bond donors (Lipinski definition) is 2. The van der Waals surface area contributed by atoms with Gasteiger partial charge in [0.25, 0.3) is 0 Å². The molecule has 0 amide bonds. The Morgan fingerprint density at radius 3 is 2.86 bits per heavy atom. The average molecular weight is 393 g/mol. The van der Waals surface area contributed by atoms with Crippen molar-refractivity contribution in [3.8, 4) is 0 Å². The number of hydrogen-bond acceptors (Lipinski definition) is 4. The van der Waals surface area contributed by atoms with Crippen LogP contribution in [0.5, 0.6) is 0 Å². The van der Waals surface area contributed by atoms with E-state index in [1.165, 1.54) is 0 Å². The Morgan fingerprint density at radius 2 is 2.19 bits per heavy atom. The zero-order chi connectivity index (χ0) is 15.5. The minimum atomic E-state index is -3.52. The van der Waals surface area contributed by atoms with Crippen molar-refractivity contribution in [1.82, 2.24) is 4.72 Å². The maximum Gasteiger partial charge on any atom is 0.241 e. The summed E-state index contributed by atoms with van der Waals surface area (Å²) in [6.45, 7) is 2.43. The van der Waals surface area contributed by atoms with Crippen molar-refractivity contribution >= 4 is 37.7 Å². The van der Waals surface area contributed by atoms with Gasteiger partial charge in [-0.2, -0.15) is 11.8 Å². The van der Waals surface area contributed by atoms with Gasteiger partial charge in [-0.1, -0.05) is 19.4 Å². The second-order valence-corrected chi connectivity index (χ2v) is 9.17. The number of thioether (sulfide) groups is 1. The van der Waals surface area contributed by atoms with Crippen LogP contribution in [0.1, 0.15) is 31.7 Å². The van der Waals surface area contributed by atoms with Gasteiger partial charge in [-0.15, -0.1) is 0 Å². The largest absolute Gasteiger partial charge is 0.326 e. The second kappa shape index (κ2) is 7.46. The Balaban J connectivity index is 2.22. The van der Waals surface area contributed by atoms with Crippen LogP contribution < -0.4 is 10.5 Å². The van der Waals surface area contributed by atoms with Gasteiger partial charge in [0.2, 0.25) is 10.0 Å². The maximum absolute atomic E-state index is 12.6. The minimum absolute atomic E-state index is 0.0217. The van der Waals surface area contributed by atoms with Crippen LogP contribution >= 0.6 is 27.7 Å². The molecule has 2 rings (SSSR count). The van der Waals surface area contributed by atoms with Crippen molar-refractivity contribution in [3.63, 3.8) is 0 Å². The average Bonchev–Trinajstić information content (AvgIpc) is 2.86. The summed E-state index contributed by atoms with van der Waals surface area (Å²) >= 11 is 5.16. The first-order chi connectivity index (χ1) is 9.97. The molecular formula is C14H21BrN2O2S2. The van der Waals surface area contributed by atoms with Crippen LogP contribution in [0.2, 0.25) is 0 Å². The molecule has 1 aromatic rings. The molecule has 0 spiro atoms.